The molecule has 0 aliphatic heterocycles. The third-order valence-electron chi connectivity index (χ3n) is 4.50. The van der Waals surface area contributed by atoms with Gasteiger partial charge in [0.15, 0.2) is 0 Å². The van der Waals surface area contributed by atoms with Crippen molar-refractivity contribution in [3.63, 3.8) is 0 Å². The number of nitrogens with one attached hydrogen (secondary N) is 1. The first-order valence-electron chi connectivity index (χ1n) is 6.98. The molecule has 2 aliphatic carbocycles. The summed E-state index contributed by atoms with van der Waals surface area (Å²) in [5, 5.41) is 3.86. The second-order valence-corrected chi connectivity index (χ2v) is 6.96. The molecule has 0 spiro atoms. The summed E-state index contributed by atoms with van der Waals surface area (Å²) in [6.45, 7) is 7.18. The van der Waals surface area contributed by atoms with E-state index in [0.717, 1.165) is 12.0 Å². The lowest BCUT2D eigenvalue weighted by atomic mass is 9.69. The molecule has 0 aromatic rings. The second-order valence-electron chi connectivity index (χ2n) is 6.96. The minimum Gasteiger partial charge on any atom is -0.328 e. The van der Waals surface area contributed by atoms with Crippen molar-refractivity contribution in [2.45, 2.75) is 77.4 Å². The first-order valence-corrected chi connectivity index (χ1v) is 6.98. The molecular formula is C14H28N2. The van der Waals surface area contributed by atoms with Gasteiger partial charge in [-0.2, -0.15) is 0 Å². The van der Waals surface area contributed by atoms with E-state index in [1.165, 1.54) is 38.5 Å². The van der Waals surface area contributed by atoms with Gasteiger partial charge in [0.25, 0.3) is 0 Å². The molecule has 0 bridgehead atoms. The molecule has 2 atom stereocenters. The predicted octanol–water partition coefficient (Wildman–Crippen LogP) is 2.67. The quantitative estimate of drug-likeness (QED) is 0.757. The third kappa shape index (κ3) is 2.78. The molecule has 94 valence electrons. The molecule has 3 N–H and O–H groups in total. The van der Waals surface area contributed by atoms with Gasteiger partial charge in [0.05, 0.1) is 0 Å². The summed E-state index contributed by atoms with van der Waals surface area (Å²) in [4.78, 5) is 0. The Morgan fingerprint density at radius 3 is 2.25 bits per heavy atom. The van der Waals surface area contributed by atoms with Gasteiger partial charge < -0.3 is 11.1 Å². The number of rotatable bonds is 2. The lowest BCUT2D eigenvalue weighted by Gasteiger charge is -2.45. The molecule has 2 aliphatic rings. The van der Waals surface area contributed by atoms with Gasteiger partial charge in [-0.1, -0.05) is 33.6 Å². The summed E-state index contributed by atoms with van der Waals surface area (Å²) in [6.07, 6.45) is 7.97. The minimum absolute atomic E-state index is 0.448. The Balaban J connectivity index is 1.89. The molecule has 0 saturated heterocycles. The summed E-state index contributed by atoms with van der Waals surface area (Å²) in [5.74, 6) is 0.845. The molecule has 2 nitrogen and oxygen atoms in total. The van der Waals surface area contributed by atoms with Crippen molar-refractivity contribution in [1.82, 2.24) is 5.32 Å². The SMILES string of the molecule is CC(C)(C)C1CCCCC1NC1CC(N)C1. The van der Waals surface area contributed by atoms with Crippen LogP contribution in [0.1, 0.15) is 59.3 Å². The molecule has 0 aromatic carbocycles. The van der Waals surface area contributed by atoms with E-state index in [0.29, 0.717) is 17.5 Å². The van der Waals surface area contributed by atoms with E-state index in [1.54, 1.807) is 0 Å². The second kappa shape index (κ2) is 4.66. The summed E-state index contributed by atoms with van der Waals surface area (Å²) in [6, 6.07) is 1.92. The van der Waals surface area contributed by atoms with E-state index in [4.69, 9.17) is 5.73 Å². The Morgan fingerprint density at radius 2 is 1.69 bits per heavy atom. The number of hydrogen-bond donors (Lipinski definition) is 2. The van der Waals surface area contributed by atoms with Crippen LogP contribution in [-0.4, -0.2) is 18.1 Å². The third-order valence-corrected chi connectivity index (χ3v) is 4.50. The Hall–Kier alpha value is -0.0800. The zero-order valence-electron chi connectivity index (χ0n) is 11.1. The van der Waals surface area contributed by atoms with E-state index in [-0.39, 0.29) is 0 Å². The van der Waals surface area contributed by atoms with Crippen molar-refractivity contribution >= 4 is 0 Å². The highest BCUT2D eigenvalue weighted by molar-refractivity contribution is 4.94. The Bertz CT molecular complexity index is 225. The lowest BCUT2D eigenvalue weighted by Crippen LogP contribution is -2.55. The van der Waals surface area contributed by atoms with Gasteiger partial charge in [0, 0.05) is 18.1 Å². The van der Waals surface area contributed by atoms with Gasteiger partial charge in [-0.25, -0.2) is 0 Å². The van der Waals surface area contributed by atoms with Crippen molar-refractivity contribution in [3.8, 4) is 0 Å². The summed E-state index contributed by atoms with van der Waals surface area (Å²) < 4.78 is 0. The molecule has 16 heavy (non-hydrogen) atoms. The molecule has 2 fully saturated rings. The van der Waals surface area contributed by atoms with Crippen molar-refractivity contribution in [3.05, 3.63) is 0 Å². The van der Waals surface area contributed by atoms with E-state index in [1.807, 2.05) is 0 Å². The van der Waals surface area contributed by atoms with Crippen LogP contribution in [0.3, 0.4) is 0 Å². The van der Waals surface area contributed by atoms with Crippen LogP contribution in [0.15, 0.2) is 0 Å². The van der Waals surface area contributed by atoms with Crippen molar-refractivity contribution in [1.29, 1.82) is 0 Å². The van der Waals surface area contributed by atoms with Gasteiger partial charge in [-0.05, 0) is 37.0 Å². The first kappa shape index (κ1) is 12.4. The van der Waals surface area contributed by atoms with E-state index in [9.17, 15) is 0 Å². The monoisotopic (exact) mass is 224 g/mol. The standard InChI is InChI=1S/C14H28N2/c1-14(2,3)12-6-4-5-7-13(12)16-11-8-10(15)9-11/h10-13,16H,4-9,15H2,1-3H3. The van der Waals surface area contributed by atoms with Crippen LogP contribution in [0.5, 0.6) is 0 Å². The van der Waals surface area contributed by atoms with Crippen molar-refractivity contribution in [2.24, 2.45) is 17.1 Å². The van der Waals surface area contributed by atoms with Crippen LogP contribution in [-0.2, 0) is 0 Å². The molecular weight excluding hydrogens is 196 g/mol. The van der Waals surface area contributed by atoms with Gasteiger partial charge in [0.2, 0.25) is 0 Å². The fraction of sp³-hybridized carbons (Fsp3) is 1.00. The van der Waals surface area contributed by atoms with Crippen molar-refractivity contribution < 1.29 is 0 Å². The summed E-state index contributed by atoms with van der Waals surface area (Å²) >= 11 is 0. The average molecular weight is 224 g/mol. The molecule has 0 heterocycles. The first-order chi connectivity index (χ1) is 7.47. The maximum Gasteiger partial charge on any atom is 0.0103 e. The van der Waals surface area contributed by atoms with Gasteiger partial charge in [-0.3, -0.25) is 0 Å². The van der Waals surface area contributed by atoms with Crippen LogP contribution in [0.4, 0.5) is 0 Å². The molecule has 2 rings (SSSR count). The highest BCUT2D eigenvalue weighted by atomic mass is 15.0. The summed E-state index contributed by atoms with van der Waals surface area (Å²) in [5.41, 5.74) is 6.30. The Kier molecular flexibility index (Phi) is 3.60. The average Bonchev–Trinajstić information content (AvgIpc) is 2.14. The minimum atomic E-state index is 0.448. The topological polar surface area (TPSA) is 38.0 Å². The zero-order chi connectivity index (χ0) is 11.8. The summed E-state index contributed by atoms with van der Waals surface area (Å²) in [7, 11) is 0. The molecule has 2 heteroatoms. The maximum absolute atomic E-state index is 5.85. The number of nitrogens with two attached hydrogens (primary N) is 1. The fourth-order valence-corrected chi connectivity index (χ4v) is 3.47. The zero-order valence-corrected chi connectivity index (χ0v) is 11.1. The molecule has 0 radical (unpaired) electrons. The van der Waals surface area contributed by atoms with Crippen LogP contribution >= 0.6 is 0 Å². The van der Waals surface area contributed by atoms with Crippen molar-refractivity contribution in [2.75, 3.05) is 0 Å². The maximum atomic E-state index is 5.85. The smallest absolute Gasteiger partial charge is 0.0103 e. The molecule has 0 amide bonds. The lowest BCUT2D eigenvalue weighted by molar-refractivity contribution is 0.108. The molecule has 2 unspecified atom stereocenters. The van der Waals surface area contributed by atoms with Gasteiger partial charge >= 0.3 is 0 Å². The van der Waals surface area contributed by atoms with Crippen LogP contribution in [0.25, 0.3) is 0 Å². The van der Waals surface area contributed by atoms with Crippen LogP contribution in [0.2, 0.25) is 0 Å². The van der Waals surface area contributed by atoms with E-state index < -0.39 is 0 Å². The Labute approximate surface area is 100 Å². The predicted molar refractivity (Wildman–Crippen MR) is 69.3 cm³/mol. The normalized spacial score (nSPS) is 40.5. The van der Waals surface area contributed by atoms with Gasteiger partial charge in [0.1, 0.15) is 0 Å². The highest BCUT2D eigenvalue weighted by Crippen LogP contribution is 2.38. The van der Waals surface area contributed by atoms with Crippen LogP contribution in [0, 0.1) is 11.3 Å². The number of hydrogen-bond acceptors (Lipinski definition) is 2. The van der Waals surface area contributed by atoms with E-state index >= 15 is 0 Å². The fourth-order valence-electron chi connectivity index (χ4n) is 3.47. The Morgan fingerprint density at radius 1 is 1.06 bits per heavy atom. The largest absolute Gasteiger partial charge is 0.328 e. The van der Waals surface area contributed by atoms with Gasteiger partial charge in [-0.15, -0.1) is 0 Å². The molecule has 0 aromatic heterocycles. The van der Waals surface area contributed by atoms with E-state index in [2.05, 4.69) is 26.1 Å². The highest BCUT2D eigenvalue weighted by Gasteiger charge is 2.37. The molecule has 2 saturated carbocycles. The van der Waals surface area contributed by atoms with Crippen LogP contribution < -0.4 is 11.1 Å².